The summed E-state index contributed by atoms with van der Waals surface area (Å²) in [5, 5.41) is 3.71. The minimum atomic E-state index is -0.264. The van der Waals surface area contributed by atoms with E-state index in [9.17, 15) is 0 Å². The van der Waals surface area contributed by atoms with E-state index in [2.05, 4.69) is 223 Å². The van der Waals surface area contributed by atoms with Gasteiger partial charge in [0.25, 0.3) is 0 Å². The quantitative estimate of drug-likeness (QED) is 0.165. The van der Waals surface area contributed by atoms with Crippen molar-refractivity contribution < 1.29 is 4.42 Å². The Hall–Kier alpha value is -6.82. The summed E-state index contributed by atoms with van der Waals surface area (Å²) in [6, 6.07) is 60.2. The number of benzene rings is 8. The van der Waals surface area contributed by atoms with Gasteiger partial charge in [-0.2, -0.15) is 0 Å². The first-order valence-corrected chi connectivity index (χ1v) is 24.3. The second kappa shape index (κ2) is 13.6. The third kappa shape index (κ3) is 5.56. The Bertz CT molecular complexity index is 3660. The molecule has 320 valence electrons. The number of nitrogens with zero attached hydrogens (tertiary/aromatic N) is 2. The van der Waals surface area contributed by atoms with Crippen LogP contribution in [0.5, 0.6) is 0 Å². The molecule has 66 heavy (non-hydrogen) atoms. The van der Waals surface area contributed by atoms with E-state index in [1.54, 1.807) is 0 Å². The summed E-state index contributed by atoms with van der Waals surface area (Å²) in [6.07, 6.45) is 1.85. The Morgan fingerprint density at radius 2 is 1.27 bits per heavy atom. The first-order valence-electron chi connectivity index (χ1n) is 23.4. The average Bonchev–Trinajstić information content (AvgIpc) is 3.99. The molecule has 0 atom stereocenters. The Kier molecular flexibility index (Phi) is 8.16. The summed E-state index contributed by atoms with van der Waals surface area (Å²) in [5.41, 5.74) is 22.2. The van der Waals surface area contributed by atoms with Gasteiger partial charge in [-0.05, 0) is 133 Å². The van der Waals surface area contributed by atoms with Gasteiger partial charge in [0.1, 0.15) is 5.58 Å². The van der Waals surface area contributed by atoms with Crippen molar-refractivity contribution in [2.24, 2.45) is 0 Å². The highest BCUT2D eigenvalue weighted by Crippen LogP contribution is 2.59. The third-order valence-corrected chi connectivity index (χ3v) is 16.1. The standard InChI is InChI=1S/C61H51BN2OS/c1-59(2,3)38-22-25-40(26-23-38)64-50-35-55-44(42-19-13-15-21-54(42)66-55)32-46(50)56-57-45(41-18-12-14-20-47(41)61(57,7)8)33-52-58(56)62(64)48-34-53-37(28-29-65-53)30-51(48)63(52)49-27-24-39(60(4,5)6)31-43(49)36-16-10-9-11-17-36/h9-35H,1-8H3. The zero-order valence-electron chi connectivity index (χ0n) is 38.9. The summed E-state index contributed by atoms with van der Waals surface area (Å²) in [4.78, 5) is 5.29. The number of fused-ring (bicyclic) bond motifs is 12. The molecule has 3 aliphatic rings. The lowest BCUT2D eigenvalue weighted by Crippen LogP contribution is -2.62. The minimum Gasteiger partial charge on any atom is -0.464 e. The van der Waals surface area contributed by atoms with E-state index in [0.29, 0.717) is 0 Å². The lowest BCUT2D eigenvalue weighted by atomic mass is 9.42. The third-order valence-electron chi connectivity index (χ3n) is 15.0. The highest BCUT2D eigenvalue weighted by Gasteiger charge is 2.50. The van der Waals surface area contributed by atoms with Crippen molar-refractivity contribution in [1.29, 1.82) is 0 Å². The second-order valence-corrected chi connectivity index (χ2v) is 22.4. The zero-order chi connectivity index (χ0) is 45.0. The fourth-order valence-electron chi connectivity index (χ4n) is 11.7. The van der Waals surface area contributed by atoms with E-state index >= 15 is 0 Å². The molecule has 5 heteroatoms. The van der Waals surface area contributed by atoms with Crippen LogP contribution >= 0.6 is 11.3 Å². The number of thiophene rings is 1. The number of hydrogen-bond donors (Lipinski definition) is 0. The van der Waals surface area contributed by atoms with Crippen LogP contribution in [0.2, 0.25) is 0 Å². The number of rotatable bonds is 3. The van der Waals surface area contributed by atoms with Crippen LogP contribution in [0.3, 0.4) is 0 Å². The molecule has 10 aromatic rings. The zero-order valence-corrected chi connectivity index (χ0v) is 39.7. The molecule has 0 bridgehead atoms. The van der Waals surface area contributed by atoms with E-state index in [4.69, 9.17) is 4.42 Å². The molecule has 1 aliphatic carbocycles. The first-order chi connectivity index (χ1) is 31.8. The molecule has 2 aromatic heterocycles. The van der Waals surface area contributed by atoms with Crippen molar-refractivity contribution in [1.82, 2.24) is 0 Å². The molecular formula is C61H51BN2OS. The van der Waals surface area contributed by atoms with Gasteiger partial charge in [0.05, 0.1) is 12.0 Å². The van der Waals surface area contributed by atoms with Crippen molar-refractivity contribution >= 4 is 88.7 Å². The Balaban J connectivity index is 1.22. The largest absolute Gasteiger partial charge is 0.464 e. The van der Waals surface area contributed by atoms with E-state index in [0.717, 1.165) is 16.7 Å². The van der Waals surface area contributed by atoms with Crippen molar-refractivity contribution in [3.05, 3.63) is 186 Å². The van der Waals surface area contributed by atoms with Gasteiger partial charge in [-0.25, -0.2) is 0 Å². The van der Waals surface area contributed by atoms with Crippen LogP contribution in [0.4, 0.5) is 28.4 Å². The van der Waals surface area contributed by atoms with Gasteiger partial charge in [-0.15, -0.1) is 11.3 Å². The molecule has 0 unspecified atom stereocenters. The summed E-state index contributed by atoms with van der Waals surface area (Å²) in [7, 11) is 0. The molecule has 0 saturated carbocycles. The molecule has 0 spiro atoms. The molecule has 4 heterocycles. The summed E-state index contributed by atoms with van der Waals surface area (Å²) in [5.74, 6) is 0. The molecule has 0 fully saturated rings. The first kappa shape index (κ1) is 39.5. The van der Waals surface area contributed by atoms with E-state index in [1.165, 1.54) is 109 Å². The van der Waals surface area contributed by atoms with Crippen LogP contribution in [0.25, 0.3) is 64.5 Å². The van der Waals surface area contributed by atoms with Gasteiger partial charge in [0.15, 0.2) is 0 Å². The van der Waals surface area contributed by atoms with Crippen molar-refractivity contribution in [3.63, 3.8) is 0 Å². The number of hydrogen-bond acceptors (Lipinski definition) is 4. The number of anilines is 5. The molecule has 13 rings (SSSR count). The maximum absolute atomic E-state index is 6.37. The molecule has 0 saturated heterocycles. The molecule has 0 amide bonds. The lowest BCUT2D eigenvalue weighted by Gasteiger charge is -2.47. The van der Waals surface area contributed by atoms with E-state index in [1.807, 2.05) is 17.6 Å². The van der Waals surface area contributed by atoms with Gasteiger partial charge < -0.3 is 14.1 Å². The van der Waals surface area contributed by atoms with Crippen LogP contribution in [0.1, 0.15) is 77.6 Å². The van der Waals surface area contributed by atoms with Crippen LogP contribution < -0.4 is 20.6 Å². The highest BCUT2D eigenvalue weighted by molar-refractivity contribution is 7.25. The summed E-state index contributed by atoms with van der Waals surface area (Å²) in [6.45, 7) is 18.6. The number of furan rings is 1. The minimum absolute atomic E-state index is 0.0182. The molecule has 0 radical (unpaired) electrons. The fourth-order valence-corrected chi connectivity index (χ4v) is 12.8. The predicted octanol–water partition coefficient (Wildman–Crippen LogP) is 16.1. The van der Waals surface area contributed by atoms with Crippen LogP contribution in [0, 0.1) is 0 Å². The second-order valence-electron chi connectivity index (χ2n) is 21.4. The summed E-state index contributed by atoms with van der Waals surface area (Å²) < 4.78 is 8.98. The van der Waals surface area contributed by atoms with Crippen LogP contribution in [-0.4, -0.2) is 6.85 Å². The van der Waals surface area contributed by atoms with Gasteiger partial charge in [0, 0.05) is 64.8 Å². The Morgan fingerprint density at radius 1 is 0.545 bits per heavy atom. The molecule has 8 aromatic carbocycles. The predicted molar refractivity (Wildman–Crippen MR) is 283 cm³/mol. The molecule has 0 N–H and O–H groups in total. The van der Waals surface area contributed by atoms with Crippen molar-refractivity contribution in [3.8, 4) is 33.4 Å². The molecular weight excluding hydrogens is 820 g/mol. The fraction of sp³-hybridized carbons (Fsp3) is 0.180. The van der Waals surface area contributed by atoms with E-state index in [-0.39, 0.29) is 23.1 Å². The van der Waals surface area contributed by atoms with Gasteiger partial charge in [-0.3, -0.25) is 0 Å². The topological polar surface area (TPSA) is 19.6 Å². The monoisotopic (exact) mass is 870 g/mol. The molecule has 3 nitrogen and oxygen atoms in total. The van der Waals surface area contributed by atoms with Gasteiger partial charge in [-0.1, -0.05) is 146 Å². The van der Waals surface area contributed by atoms with E-state index < -0.39 is 0 Å². The maximum atomic E-state index is 6.37. The van der Waals surface area contributed by atoms with Gasteiger partial charge in [0.2, 0.25) is 0 Å². The lowest BCUT2D eigenvalue weighted by molar-refractivity contribution is 0.590. The Labute approximate surface area is 392 Å². The molecule has 2 aliphatic heterocycles. The smallest absolute Gasteiger partial charge is 0.333 e. The normalized spacial score (nSPS) is 14.7. The summed E-state index contributed by atoms with van der Waals surface area (Å²) >= 11 is 1.90. The highest BCUT2D eigenvalue weighted by atomic mass is 32.1. The average molecular weight is 871 g/mol. The SMILES string of the molecule is CC(C)(C)c1ccc(N2B3c4cc5occc5cc4N(c4ccc(C(C)(C)C)cc4-c4ccccc4)c4cc5c(c(c43)-c3cc4c(cc32)sc2ccccc24)C(C)(C)c2ccccc2-5)cc1. The van der Waals surface area contributed by atoms with Crippen molar-refractivity contribution in [2.75, 3.05) is 9.71 Å². The maximum Gasteiger partial charge on any atom is 0.333 e. The van der Waals surface area contributed by atoms with Crippen LogP contribution in [0.15, 0.2) is 168 Å². The van der Waals surface area contributed by atoms with Gasteiger partial charge >= 0.3 is 6.85 Å². The van der Waals surface area contributed by atoms with Crippen molar-refractivity contribution in [2.45, 2.75) is 71.6 Å². The van der Waals surface area contributed by atoms with Crippen LogP contribution in [-0.2, 0) is 16.2 Å². The Morgan fingerprint density at radius 3 is 2.06 bits per heavy atom.